The van der Waals surface area contributed by atoms with Crippen molar-refractivity contribution in [1.82, 2.24) is 14.9 Å². The van der Waals surface area contributed by atoms with Gasteiger partial charge >= 0.3 is 0 Å². The van der Waals surface area contributed by atoms with Crippen LogP contribution in [-0.2, 0) is 13.1 Å². The van der Waals surface area contributed by atoms with Crippen LogP contribution in [0.25, 0.3) is 0 Å². The van der Waals surface area contributed by atoms with Crippen molar-refractivity contribution in [3.63, 3.8) is 0 Å². The molecule has 0 unspecified atom stereocenters. The second-order valence-electron chi connectivity index (χ2n) is 4.79. The Hall–Kier alpha value is -2.34. The standard InChI is InChI=1S/C16H14BrN3O2/c17-15-6-5-14(22-15)16(21)19-9-12-3-1-2-4-13(12)10-20-8-7-18-11-20/h1-8,11H,9-10H2,(H,19,21). The van der Waals surface area contributed by atoms with Gasteiger partial charge in [0.05, 0.1) is 6.33 Å². The van der Waals surface area contributed by atoms with Crippen molar-refractivity contribution in [2.75, 3.05) is 0 Å². The molecular weight excluding hydrogens is 346 g/mol. The van der Waals surface area contributed by atoms with E-state index >= 15 is 0 Å². The molecule has 3 aromatic rings. The molecule has 0 aliphatic heterocycles. The van der Waals surface area contributed by atoms with Gasteiger partial charge in [0.1, 0.15) is 0 Å². The SMILES string of the molecule is O=C(NCc1ccccc1Cn1ccnc1)c1ccc(Br)o1. The number of nitrogens with zero attached hydrogens (tertiary/aromatic N) is 2. The Kier molecular flexibility index (Phi) is 4.39. The van der Waals surface area contributed by atoms with Crippen LogP contribution in [0.5, 0.6) is 0 Å². The maximum absolute atomic E-state index is 12.0. The normalized spacial score (nSPS) is 10.6. The van der Waals surface area contributed by atoms with Crippen molar-refractivity contribution in [3.05, 3.63) is 76.7 Å². The van der Waals surface area contributed by atoms with E-state index in [1.165, 1.54) is 0 Å². The molecule has 0 bridgehead atoms. The summed E-state index contributed by atoms with van der Waals surface area (Å²) in [6.07, 6.45) is 5.44. The molecular formula is C16H14BrN3O2. The monoisotopic (exact) mass is 359 g/mol. The minimum absolute atomic E-state index is 0.233. The summed E-state index contributed by atoms with van der Waals surface area (Å²) >= 11 is 3.19. The van der Waals surface area contributed by atoms with E-state index < -0.39 is 0 Å². The number of furan rings is 1. The number of benzene rings is 1. The Balaban J connectivity index is 1.68. The third kappa shape index (κ3) is 3.46. The van der Waals surface area contributed by atoms with E-state index in [-0.39, 0.29) is 5.91 Å². The van der Waals surface area contributed by atoms with Crippen LogP contribution in [-0.4, -0.2) is 15.5 Å². The topological polar surface area (TPSA) is 60.1 Å². The third-order valence-electron chi connectivity index (χ3n) is 3.27. The summed E-state index contributed by atoms with van der Waals surface area (Å²) in [6.45, 7) is 1.17. The Bertz CT molecular complexity index is 765. The van der Waals surface area contributed by atoms with Crippen LogP contribution in [0.2, 0.25) is 0 Å². The number of hydrogen-bond acceptors (Lipinski definition) is 3. The molecule has 2 aromatic heterocycles. The maximum Gasteiger partial charge on any atom is 0.287 e. The van der Waals surface area contributed by atoms with E-state index in [0.29, 0.717) is 17.0 Å². The van der Waals surface area contributed by atoms with E-state index in [9.17, 15) is 4.79 Å². The van der Waals surface area contributed by atoms with Crippen LogP contribution < -0.4 is 5.32 Å². The molecule has 5 nitrogen and oxygen atoms in total. The molecule has 0 saturated carbocycles. The van der Waals surface area contributed by atoms with Gasteiger partial charge in [-0.25, -0.2) is 4.98 Å². The molecule has 0 radical (unpaired) electrons. The van der Waals surface area contributed by atoms with E-state index in [2.05, 4.69) is 26.2 Å². The zero-order valence-corrected chi connectivity index (χ0v) is 13.3. The average Bonchev–Trinajstić information content (AvgIpc) is 3.18. The minimum Gasteiger partial charge on any atom is -0.444 e. The summed E-state index contributed by atoms with van der Waals surface area (Å²) in [5, 5.41) is 2.87. The predicted octanol–water partition coefficient (Wildman–Crippen LogP) is 3.22. The lowest BCUT2D eigenvalue weighted by Crippen LogP contribution is -2.23. The van der Waals surface area contributed by atoms with Crippen LogP contribution in [0.3, 0.4) is 0 Å². The minimum atomic E-state index is -0.233. The highest BCUT2D eigenvalue weighted by Gasteiger charge is 2.11. The van der Waals surface area contributed by atoms with Crippen LogP contribution >= 0.6 is 15.9 Å². The highest BCUT2D eigenvalue weighted by atomic mass is 79.9. The summed E-state index contributed by atoms with van der Waals surface area (Å²) in [5.74, 6) is 0.0575. The van der Waals surface area contributed by atoms with Gasteiger partial charge in [0.25, 0.3) is 5.91 Å². The zero-order valence-electron chi connectivity index (χ0n) is 11.7. The molecule has 112 valence electrons. The van der Waals surface area contributed by atoms with Gasteiger partial charge < -0.3 is 14.3 Å². The van der Waals surface area contributed by atoms with Gasteiger partial charge in [-0.05, 0) is 39.2 Å². The van der Waals surface area contributed by atoms with Crippen molar-refractivity contribution < 1.29 is 9.21 Å². The number of imidazole rings is 1. The molecule has 3 rings (SSSR count). The van der Waals surface area contributed by atoms with Crippen molar-refractivity contribution in [3.8, 4) is 0 Å². The Morgan fingerprint density at radius 2 is 2.05 bits per heavy atom. The number of amides is 1. The summed E-state index contributed by atoms with van der Waals surface area (Å²) in [5.41, 5.74) is 2.21. The summed E-state index contributed by atoms with van der Waals surface area (Å²) in [4.78, 5) is 16.1. The third-order valence-corrected chi connectivity index (χ3v) is 3.69. The first-order valence-electron chi connectivity index (χ1n) is 6.78. The zero-order chi connectivity index (χ0) is 15.4. The molecule has 0 atom stereocenters. The second-order valence-corrected chi connectivity index (χ2v) is 5.57. The number of carbonyl (C=O) groups excluding carboxylic acids is 1. The molecule has 1 N–H and O–H groups in total. The predicted molar refractivity (Wildman–Crippen MR) is 85.3 cm³/mol. The molecule has 2 heterocycles. The van der Waals surface area contributed by atoms with Crippen LogP contribution in [0, 0.1) is 0 Å². The Morgan fingerprint density at radius 1 is 1.23 bits per heavy atom. The van der Waals surface area contributed by atoms with Gasteiger partial charge in [-0.3, -0.25) is 4.79 Å². The first kappa shape index (κ1) is 14.6. The number of hydrogen-bond donors (Lipinski definition) is 1. The fourth-order valence-corrected chi connectivity index (χ4v) is 2.47. The van der Waals surface area contributed by atoms with Crippen LogP contribution in [0.1, 0.15) is 21.7 Å². The average molecular weight is 360 g/mol. The smallest absolute Gasteiger partial charge is 0.287 e. The lowest BCUT2D eigenvalue weighted by Gasteiger charge is -2.10. The number of nitrogens with one attached hydrogen (secondary N) is 1. The Labute approximate surface area is 136 Å². The number of halogens is 1. The fraction of sp³-hybridized carbons (Fsp3) is 0.125. The number of carbonyl (C=O) groups is 1. The molecule has 0 aliphatic carbocycles. The Morgan fingerprint density at radius 3 is 2.73 bits per heavy atom. The van der Waals surface area contributed by atoms with Gasteiger partial charge in [0.2, 0.25) is 0 Å². The highest BCUT2D eigenvalue weighted by molar-refractivity contribution is 9.10. The van der Waals surface area contributed by atoms with Gasteiger partial charge in [-0.1, -0.05) is 24.3 Å². The lowest BCUT2D eigenvalue weighted by molar-refractivity contribution is 0.0922. The molecule has 0 saturated heterocycles. The van der Waals surface area contributed by atoms with Gasteiger partial charge in [0.15, 0.2) is 10.4 Å². The van der Waals surface area contributed by atoms with Crippen LogP contribution in [0.4, 0.5) is 0 Å². The highest BCUT2D eigenvalue weighted by Crippen LogP contribution is 2.15. The van der Waals surface area contributed by atoms with Gasteiger partial charge in [-0.2, -0.15) is 0 Å². The van der Waals surface area contributed by atoms with Gasteiger partial charge in [-0.15, -0.1) is 0 Å². The first-order chi connectivity index (χ1) is 10.7. The van der Waals surface area contributed by atoms with Gasteiger partial charge in [0, 0.05) is 25.5 Å². The quantitative estimate of drug-likeness (QED) is 0.760. The van der Waals surface area contributed by atoms with Crippen molar-refractivity contribution in [2.24, 2.45) is 0 Å². The summed E-state index contributed by atoms with van der Waals surface area (Å²) < 4.78 is 7.77. The fourth-order valence-electron chi connectivity index (χ4n) is 2.16. The molecule has 0 aliphatic rings. The largest absolute Gasteiger partial charge is 0.444 e. The van der Waals surface area contributed by atoms with Crippen LogP contribution in [0.15, 0.2) is 64.2 Å². The molecule has 22 heavy (non-hydrogen) atoms. The van der Waals surface area contributed by atoms with E-state index in [1.54, 1.807) is 24.7 Å². The van der Waals surface area contributed by atoms with Crippen molar-refractivity contribution in [2.45, 2.75) is 13.1 Å². The van der Waals surface area contributed by atoms with Crippen molar-refractivity contribution >= 4 is 21.8 Å². The van der Waals surface area contributed by atoms with E-state index in [1.807, 2.05) is 35.0 Å². The second kappa shape index (κ2) is 6.62. The van der Waals surface area contributed by atoms with Crippen molar-refractivity contribution in [1.29, 1.82) is 0 Å². The maximum atomic E-state index is 12.0. The lowest BCUT2D eigenvalue weighted by atomic mass is 10.1. The number of rotatable bonds is 5. The summed E-state index contributed by atoms with van der Waals surface area (Å²) in [6, 6.07) is 11.3. The molecule has 0 spiro atoms. The molecule has 1 aromatic carbocycles. The van der Waals surface area contributed by atoms with E-state index in [4.69, 9.17) is 4.42 Å². The van der Waals surface area contributed by atoms with E-state index in [0.717, 1.165) is 17.7 Å². The molecule has 1 amide bonds. The molecule has 6 heteroatoms. The number of aromatic nitrogens is 2. The summed E-state index contributed by atoms with van der Waals surface area (Å²) in [7, 11) is 0. The molecule has 0 fully saturated rings. The first-order valence-corrected chi connectivity index (χ1v) is 7.58.